The van der Waals surface area contributed by atoms with Crippen LogP contribution in [0.1, 0.15) is 71.1 Å². The van der Waals surface area contributed by atoms with Crippen molar-refractivity contribution in [3.05, 3.63) is 0 Å². The van der Waals surface area contributed by atoms with E-state index < -0.39 is 5.97 Å². The van der Waals surface area contributed by atoms with Gasteiger partial charge in [0, 0.05) is 6.42 Å². The van der Waals surface area contributed by atoms with Crippen molar-refractivity contribution < 1.29 is 14.3 Å². The maximum absolute atomic E-state index is 11.5. The van der Waals surface area contributed by atoms with E-state index in [1.807, 2.05) is 0 Å². The quantitative estimate of drug-likeness (QED) is 0.381. The molecule has 0 radical (unpaired) electrons. The Hall–Kier alpha value is -1.10. The van der Waals surface area contributed by atoms with E-state index in [4.69, 9.17) is 10.5 Å². The molecule has 0 aromatic heterocycles. The van der Waals surface area contributed by atoms with E-state index in [9.17, 15) is 9.59 Å². The lowest BCUT2D eigenvalue weighted by Gasteiger charge is -2.06. The van der Waals surface area contributed by atoms with Gasteiger partial charge in [0.1, 0.15) is 6.61 Å². The molecule has 5 heteroatoms. The van der Waals surface area contributed by atoms with Crippen molar-refractivity contribution in [2.75, 3.05) is 19.7 Å². The van der Waals surface area contributed by atoms with Crippen LogP contribution in [0.4, 0.5) is 0 Å². The molecule has 0 aliphatic rings. The number of hydrogen-bond acceptors (Lipinski definition) is 4. The molecular formula is C16H32N2O3. The fourth-order valence-electron chi connectivity index (χ4n) is 2.10. The SMILES string of the molecule is CCCCCCCCCCCC(=O)NCCOC(=O)CN. The molecule has 5 nitrogen and oxygen atoms in total. The monoisotopic (exact) mass is 300 g/mol. The van der Waals surface area contributed by atoms with Gasteiger partial charge in [-0.2, -0.15) is 0 Å². The van der Waals surface area contributed by atoms with Crippen LogP contribution >= 0.6 is 0 Å². The van der Waals surface area contributed by atoms with Gasteiger partial charge in [-0.3, -0.25) is 9.59 Å². The third-order valence-corrected chi connectivity index (χ3v) is 3.36. The Kier molecular flexibility index (Phi) is 14.5. The maximum Gasteiger partial charge on any atom is 0.319 e. The molecule has 0 saturated carbocycles. The van der Waals surface area contributed by atoms with Gasteiger partial charge in [-0.1, -0.05) is 58.3 Å². The molecule has 0 atom stereocenters. The second-order valence-electron chi connectivity index (χ2n) is 5.35. The van der Waals surface area contributed by atoms with Crippen molar-refractivity contribution in [1.82, 2.24) is 5.32 Å². The zero-order valence-corrected chi connectivity index (χ0v) is 13.5. The summed E-state index contributed by atoms with van der Waals surface area (Å²) >= 11 is 0. The molecule has 0 aliphatic heterocycles. The van der Waals surface area contributed by atoms with Crippen LogP contribution in [0, 0.1) is 0 Å². The standard InChI is InChI=1S/C16H32N2O3/c1-2-3-4-5-6-7-8-9-10-11-15(19)18-12-13-21-16(20)14-17/h2-14,17H2,1H3,(H,18,19). The molecule has 0 aliphatic carbocycles. The summed E-state index contributed by atoms with van der Waals surface area (Å²) in [6.07, 6.45) is 11.8. The Bertz CT molecular complexity index is 270. The highest BCUT2D eigenvalue weighted by atomic mass is 16.5. The predicted octanol–water partition coefficient (Wildman–Crippen LogP) is 2.53. The molecule has 0 rings (SSSR count). The van der Waals surface area contributed by atoms with Gasteiger partial charge in [0.05, 0.1) is 13.1 Å². The molecule has 0 aromatic rings. The van der Waals surface area contributed by atoms with Crippen molar-refractivity contribution in [3.63, 3.8) is 0 Å². The average molecular weight is 300 g/mol. The lowest BCUT2D eigenvalue weighted by atomic mass is 10.1. The first-order valence-corrected chi connectivity index (χ1v) is 8.33. The van der Waals surface area contributed by atoms with Crippen LogP contribution in [0.2, 0.25) is 0 Å². The molecule has 0 unspecified atom stereocenters. The number of nitrogens with two attached hydrogens (primary N) is 1. The minimum Gasteiger partial charge on any atom is -0.463 e. The normalized spacial score (nSPS) is 10.4. The number of carbonyl (C=O) groups excluding carboxylic acids is 2. The Morgan fingerprint density at radius 1 is 0.952 bits per heavy atom. The van der Waals surface area contributed by atoms with Gasteiger partial charge in [-0.25, -0.2) is 0 Å². The van der Waals surface area contributed by atoms with Crippen LogP contribution in [0.25, 0.3) is 0 Å². The van der Waals surface area contributed by atoms with Gasteiger partial charge < -0.3 is 15.8 Å². The minimum absolute atomic E-state index is 0.0294. The van der Waals surface area contributed by atoms with Gasteiger partial charge in [-0.15, -0.1) is 0 Å². The van der Waals surface area contributed by atoms with E-state index in [1.165, 1.54) is 44.9 Å². The second-order valence-corrected chi connectivity index (χ2v) is 5.35. The largest absolute Gasteiger partial charge is 0.463 e. The molecule has 0 spiro atoms. The molecule has 1 amide bonds. The highest BCUT2D eigenvalue weighted by molar-refractivity contribution is 5.75. The van der Waals surface area contributed by atoms with E-state index >= 15 is 0 Å². The summed E-state index contributed by atoms with van der Waals surface area (Å²) in [4.78, 5) is 22.2. The summed E-state index contributed by atoms with van der Waals surface area (Å²) in [5.41, 5.74) is 5.09. The number of hydrogen-bond donors (Lipinski definition) is 2. The summed E-state index contributed by atoms with van der Waals surface area (Å²) in [5, 5.41) is 2.73. The molecule has 0 fully saturated rings. The third-order valence-electron chi connectivity index (χ3n) is 3.36. The molecule has 21 heavy (non-hydrogen) atoms. The van der Waals surface area contributed by atoms with Crippen LogP contribution < -0.4 is 11.1 Å². The van der Waals surface area contributed by atoms with Crippen LogP contribution in [-0.2, 0) is 14.3 Å². The fraction of sp³-hybridized carbons (Fsp3) is 0.875. The van der Waals surface area contributed by atoms with Gasteiger partial charge in [0.2, 0.25) is 5.91 Å². The van der Waals surface area contributed by atoms with Crippen molar-refractivity contribution >= 4 is 11.9 Å². The van der Waals surface area contributed by atoms with Crippen molar-refractivity contribution in [1.29, 1.82) is 0 Å². The van der Waals surface area contributed by atoms with E-state index in [2.05, 4.69) is 12.2 Å². The van der Waals surface area contributed by atoms with Gasteiger partial charge in [-0.05, 0) is 6.42 Å². The molecular weight excluding hydrogens is 268 g/mol. The highest BCUT2D eigenvalue weighted by Gasteiger charge is 2.02. The Morgan fingerprint density at radius 3 is 2.10 bits per heavy atom. The zero-order valence-electron chi connectivity index (χ0n) is 13.5. The minimum atomic E-state index is -0.441. The second kappa shape index (κ2) is 15.3. The Labute approximate surface area is 129 Å². The maximum atomic E-state index is 11.5. The van der Waals surface area contributed by atoms with Crippen LogP contribution in [0.5, 0.6) is 0 Å². The lowest BCUT2D eigenvalue weighted by molar-refractivity contribution is -0.142. The first-order valence-electron chi connectivity index (χ1n) is 8.33. The number of carbonyl (C=O) groups is 2. The summed E-state index contributed by atoms with van der Waals surface area (Å²) in [6.45, 7) is 2.67. The molecule has 0 saturated heterocycles. The summed E-state index contributed by atoms with van der Waals surface area (Å²) in [7, 11) is 0. The first-order chi connectivity index (χ1) is 10.2. The van der Waals surface area contributed by atoms with E-state index in [0.29, 0.717) is 13.0 Å². The number of amides is 1. The first kappa shape index (κ1) is 19.9. The molecule has 0 heterocycles. The average Bonchev–Trinajstić information content (AvgIpc) is 2.49. The lowest BCUT2D eigenvalue weighted by Crippen LogP contribution is -2.28. The number of unbranched alkanes of at least 4 members (excludes halogenated alkanes) is 8. The Morgan fingerprint density at radius 2 is 1.52 bits per heavy atom. The topological polar surface area (TPSA) is 81.4 Å². The summed E-state index contributed by atoms with van der Waals surface area (Å²) in [6, 6.07) is 0. The van der Waals surface area contributed by atoms with Crippen molar-refractivity contribution in [2.24, 2.45) is 5.73 Å². The number of esters is 1. The Balaban J connectivity index is 3.21. The van der Waals surface area contributed by atoms with Crippen molar-refractivity contribution in [2.45, 2.75) is 71.1 Å². The fourth-order valence-corrected chi connectivity index (χ4v) is 2.10. The molecule has 124 valence electrons. The summed E-state index contributed by atoms with van der Waals surface area (Å²) < 4.78 is 4.76. The summed E-state index contributed by atoms with van der Waals surface area (Å²) in [5.74, 6) is -0.412. The van der Waals surface area contributed by atoms with E-state index in [0.717, 1.165) is 12.8 Å². The number of nitrogens with one attached hydrogen (secondary N) is 1. The van der Waals surface area contributed by atoms with Gasteiger partial charge >= 0.3 is 5.97 Å². The smallest absolute Gasteiger partial charge is 0.319 e. The number of rotatable bonds is 14. The van der Waals surface area contributed by atoms with Gasteiger partial charge in [0.25, 0.3) is 0 Å². The van der Waals surface area contributed by atoms with Crippen molar-refractivity contribution in [3.8, 4) is 0 Å². The molecule has 0 aromatic carbocycles. The number of ether oxygens (including phenoxy) is 1. The molecule has 0 bridgehead atoms. The zero-order chi connectivity index (χ0) is 15.8. The van der Waals surface area contributed by atoms with Gasteiger partial charge in [0.15, 0.2) is 0 Å². The van der Waals surface area contributed by atoms with Crippen LogP contribution in [-0.4, -0.2) is 31.6 Å². The van der Waals surface area contributed by atoms with Crippen LogP contribution in [0.15, 0.2) is 0 Å². The molecule has 3 N–H and O–H groups in total. The predicted molar refractivity (Wildman–Crippen MR) is 84.9 cm³/mol. The van der Waals surface area contributed by atoms with E-state index in [1.54, 1.807) is 0 Å². The van der Waals surface area contributed by atoms with Crippen LogP contribution in [0.3, 0.4) is 0 Å². The van der Waals surface area contributed by atoms with E-state index in [-0.39, 0.29) is 19.1 Å². The highest BCUT2D eigenvalue weighted by Crippen LogP contribution is 2.10. The third kappa shape index (κ3) is 15.1.